The lowest BCUT2D eigenvalue weighted by Crippen LogP contribution is -2.66. The molecule has 1 aliphatic heterocycles. The predicted molar refractivity (Wildman–Crippen MR) is 70.0 cm³/mol. The van der Waals surface area contributed by atoms with Gasteiger partial charge in [-0.15, -0.1) is 0 Å². The summed E-state index contributed by atoms with van der Waals surface area (Å²) in [5.74, 6) is 0. The Kier molecular flexibility index (Phi) is 3.98. The molecule has 1 spiro atoms. The summed E-state index contributed by atoms with van der Waals surface area (Å²) in [4.78, 5) is 2.08. The zero-order chi connectivity index (χ0) is 13.4. The number of piperazine rings is 1. The van der Waals surface area contributed by atoms with E-state index < -0.39 is 6.43 Å². The molecular weight excluding hydrogens is 234 g/mol. The quantitative estimate of drug-likeness (QED) is 0.821. The zero-order valence-corrected chi connectivity index (χ0v) is 11.8. The highest BCUT2D eigenvalue weighted by molar-refractivity contribution is 5.03. The third-order valence-corrected chi connectivity index (χ3v) is 4.69. The van der Waals surface area contributed by atoms with Crippen molar-refractivity contribution in [3.05, 3.63) is 0 Å². The van der Waals surface area contributed by atoms with Crippen LogP contribution in [0.4, 0.5) is 8.78 Å². The molecule has 1 saturated carbocycles. The van der Waals surface area contributed by atoms with Crippen LogP contribution in [0.25, 0.3) is 0 Å². The summed E-state index contributed by atoms with van der Waals surface area (Å²) in [7, 11) is 0. The van der Waals surface area contributed by atoms with Crippen LogP contribution in [0, 0.1) is 5.41 Å². The molecule has 1 atom stereocenters. The average Bonchev–Trinajstić information content (AvgIpc) is 2.69. The fraction of sp³-hybridized carbons (Fsp3) is 1.00. The van der Waals surface area contributed by atoms with Crippen LogP contribution in [0.3, 0.4) is 0 Å². The molecule has 1 heterocycles. The van der Waals surface area contributed by atoms with Crippen LogP contribution < -0.4 is 5.32 Å². The summed E-state index contributed by atoms with van der Waals surface area (Å²) in [6.07, 6.45) is 2.29. The van der Waals surface area contributed by atoms with E-state index in [0.717, 1.165) is 25.9 Å². The van der Waals surface area contributed by atoms with Crippen molar-refractivity contribution in [3.63, 3.8) is 0 Å². The Labute approximate surface area is 109 Å². The van der Waals surface area contributed by atoms with E-state index in [1.807, 2.05) is 0 Å². The summed E-state index contributed by atoms with van der Waals surface area (Å²) in [6.45, 7) is 8.11. The van der Waals surface area contributed by atoms with Gasteiger partial charge in [-0.3, -0.25) is 4.90 Å². The molecule has 1 saturated heterocycles. The summed E-state index contributed by atoms with van der Waals surface area (Å²) in [6, 6.07) is 0.308. The molecule has 0 aromatic heterocycles. The van der Waals surface area contributed by atoms with Gasteiger partial charge in [0.15, 0.2) is 0 Å². The Hall–Kier alpha value is -0.220. The number of hydrogen-bond acceptors (Lipinski definition) is 2. The van der Waals surface area contributed by atoms with Crippen molar-refractivity contribution in [2.75, 3.05) is 19.6 Å². The second kappa shape index (κ2) is 5.04. The highest BCUT2D eigenvalue weighted by Gasteiger charge is 2.46. The highest BCUT2D eigenvalue weighted by atomic mass is 19.3. The number of rotatable bonds is 2. The van der Waals surface area contributed by atoms with Crippen molar-refractivity contribution in [3.8, 4) is 0 Å². The minimum absolute atomic E-state index is 0.0121. The Morgan fingerprint density at radius 2 is 1.89 bits per heavy atom. The van der Waals surface area contributed by atoms with E-state index in [1.165, 1.54) is 12.8 Å². The molecule has 0 amide bonds. The lowest BCUT2D eigenvalue weighted by Gasteiger charge is -2.51. The zero-order valence-electron chi connectivity index (χ0n) is 11.8. The Morgan fingerprint density at radius 3 is 2.39 bits per heavy atom. The van der Waals surface area contributed by atoms with E-state index in [2.05, 4.69) is 31.0 Å². The van der Waals surface area contributed by atoms with Crippen molar-refractivity contribution >= 4 is 0 Å². The first-order valence-electron chi connectivity index (χ1n) is 7.10. The minimum atomic E-state index is -2.22. The molecule has 0 bridgehead atoms. The van der Waals surface area contributed by atoms with Gasteiger partial charge in [0.25, 0.3) is 6.43 Å². The molecule has 0 aromatic carbocycles. The Morgan fingerprint density at radius 1 is 1.28 bits per heavy atom. The summed E-state index contributed by atoms with van der Waals surface area (Å²) >= 11 is 0. The maximum Gasteiger partial charge on any atom is 0.251 e. The number of alkyl halides is 2. The maximum atomic E-state index is 12.8. The van der Waals surface area contributed by atoms with Crippen LogP contribution >= 0.6 is 0 Å². The molecule has 0 radical (unpaired) electrons. The van der Waals surface area contributed by atoms with E-state index in [1.54, 1.807) is 0 Å². The molecule has 2 fully saturated rings. The molecule has 2 rings (SSSR count). The first-order chi connectivity index (χ1) is 8.33. The molecular formula is C14H26F2N2. The number of halogens is 2. The van der Waals surface area contributed by atoms with Gasteiger partial charge in [-0.1, -0.05) is 33.6 Å². The first-order valence-corrected chi connectivity index (χ1v) is 7.10. The molecule has 1 aliphatic carbocycles. The second-order valence-corrected chi connectivity index (χ2v) is 7.03. The summed E-state index contributed by atoms with van der Waals surface area (Å²) in [5.41, 5.74) is 0.138. The molecule has 1 N–H and O–H groups in total. The monoisotopic (exact) mass is 260 g/mol. The number of hydrogen-bond donors (Lipinski definition) is 1. The summed E-state index contributed by atoms with van der Waals surface area (Å²) in [5, 5.41) is 3.61. The molecule has 2 aliphatic rings. The van der Waals surface area contributed by atoms with E-state index >= 15 is 0 Å². The third kappa shape index (κ3) is 2.85. The van der Waals surface area contributed by atoms with Gasteiger partial charge in [-0.25, -0.2) is 8.78 Å². The number of nitrogens with one attached hydrogen (secondary N) is 1. The van der Waals surface area contributed by atoms with Crippen LogP contribution in [0.2, 0.25) is 0 Å². The van der Waals surface area contributed by atoms with Gasteiger partial charge in [0, 0.05) is 24.7 Å². The first kappa shape index (κ1) is 14.2. The topological polar surface area (TPSA) is 15.3 Å². The van der Waals surface area contributed by atoms with Crippen LogP contribution in [-0.2, 0) is 0 Å². The SMILES string of the molecule is CC(C)(C)C1CN(CC(F)F)C2(CCCC2)CN1. The van der Waals surface area contributed by atoms with Crippen molar-refractivity contribution in [2.45, 2.75) is 64.5 Å². The fourth-order valence-electron chi connectivity index (χ4n) is 3.44. The van der Waals surface area contributed by atoms with E-state index in [9.17, 15) is 8.78 Å². The summed E-state index contributed by atoms with van der Waals surface area (Å²) < 4.78 is 25.6. The largest absolute Gasteiger partial charge is 0.310 e. The highest BCUT2D eigenvalue weighted by Crippen LogP contribution is 2.39. The van der Waals surface area contributed by atoms with E-state index in [4.69, 9.17) is 0 Å². The van der Waals surface area contributed by atoms with Crippen LogP contribution in [0.1, 0.15) is 46.5 Å². The molecule has 18 heavy (non-hydrogen) atoms. The smallest absolute Gasteiger partial charge is 0.251 e. The molecule has 106 valence electrons. The average molecular weight is 260 g/mol. The van der Waals surface area contributed by atoms with Gasteiger partial charge in [0.1, 0.15) is 0 Å². The van der Waals surface area contributed by atoms with Gasteiger partial charge < -0.3 is 5.32 Å². The Bertz CT molecular complexity index is 280. The fourth-order valence-corrected chi connectivity index (χ4v) is 3.44. The van der Waals surface area contributed by atoms with Crippen LogP contribution in [0.15, 0.2) is 0 Å². The standard InChI is InChI=1S/C14H26F2N2/c1-13(2,3)11-8-18(9-12(15)16)14(10-17-11)6-4-5-7-14/h11-12,17H,4-10H2,1-3H3. The van der Waals surface area contributed by atoms with Crippen LogP contribution in [-0.4, -0.2) is 42.5 Å². The minimum Gasteiger partial charge on any atom is -0.310 e. The van der Waals surface area contributed by atoms with Gasteiger partial charge in [-0.2, -0.15) is 0 Å². The molecule has 2 nitrogen and oxygen atoms in total. The van der Waals surface area contributed by atoms with Crippen LogP contribution in [0.5, 0.6) is 0 Å². The van der Waals surface area contributed by atoms with Crippen molar-refractivity contribution in [2.24, 2.45) is 5.41 Å². The van der Waals surface area contributed by atoms with E-state index in [-0.39, 0.29) is 17.5 Å². The number of nitrogens with zero attached hydrogens (tertiary/aromatic N) is 1. The van der Waals surface area contributed by atoms with Gasteiger partial charge in [0.05, 0.1) is 6.54 Å². The normalized spacial score (nSPS) is 29.3. The lowest BCUT2D eigenvalue weighted by molar-refractivity contribution is -0.0227. The van der Waals surface area contributed by atoms with Crippen molar-refractivity contribution in [1.29, 1.82) is 0 Å². The van der Waals surface area contributed by atoms with Crippen molar-refractivity contribution in [1.82, 2.24) is 10.2 Å². The predicted octanol–water partition coefficient (Wildman–Crippen LogP) is 2.88. The molecule has 4 heteroatoms. The molecule has 1 unspecified atom stereocenters. The van der Waals surface area contributed by atoms with Crippen molar-refractivity contribution < 1.29 is 8.78 Å². The second-order valence-electron chi connectivity index (χ2n) is 7.03. The molecule has 0 aromatic rings. The van der Waals surface area contributed by atoms with E-state index in [0.29, 0.717) is 6.04 Å². The Balaban J connectivity index is 2.10. The third-order valence-electron chi connectivity index (χ3n) is 4.69. The maximum absolute atomic E-state index is 12.8. The van der Waals surface area contributed by atoms with Gasteiger partial charge in [0.2, 0.25) is 0 Å². The van der Waals surface area contributed by atoms with Gasteiger partial charge >= 0.3 is 0 Å². The lowest BCUT2D eigenvalue weighted by atomic mass is 9.81. The van der Waals surface area contributed by atoms with Gasteiger partial charge in [-0.05, 0) is 18.3 Å².